The molecule has 0 N–H and O–H groups in total. The van der Waals surface area contributed by atoms with E-state index in [1.807, 2.05) is 80.6 Å². The second-order valence-electron chi connectivity index (χ2n) is 22.5. The Morgan fingerprint density at radius 3 is 1.38 bits per heavy atom. The molecule has 6 aliphatic carbocycles. The molecule has 0 saturated heterocycles. The van der Waals surface area contributed by atoms with Crippen LogP contribution in [0.4, 0.5) is 0 Å². The molecule has 20 heteroatoms. The van der Waals surface area contributed by atoms with Crippen LogP contribution in [0.5, 0.6) is 0 Å². The average Bonchev–Trinajstić information content (AvgIpc) is 4.38. The van der Waals surface area contributed by atoms with Gasteiger partial charge in [0.05, 0.1) is 47.4 Å². The summed E-state index contributed by atoms with van der Waals surface area (Å²) in [6, 6.07) is 16.5. The normalized spacial score (nSPS) is 19.7. The molecule has 0 spiro atoms. The number of imidazole rings is 2. The van der Waals surface area contributed by atoms with E-state index in [2.05, 4.69) is 41.4 Å². The molecule has 6 aromatic heterocycles. The van der Waals surface area contributed by atoms with Crippen molar-refractivity contribution < 1.29 is 19.1 Å². The van der Waals surface area contributed by atoms with Gasteiger partial charge in [0.15, 0.2) is 35.8 Å². The standard InChI is InChI=1S/C31H38N6O4.C28H32N6O4.CH4/c1-4-15-36-28(38)25-27(35(5-2)30(36)40)33-26(24-17-32-34(19-24)18-23-8-6-7-21(3)16-23)37(25)20-41-29(39)31-12-9-22(10-13-31)11-14-31;1-4-9-33-25(35)22-24(32(5-2)27(33)37)30-23(34(22)17-38-26(36)28-11-20(12-28)13-28)21-14-29-31(16-21)15-19-8-6-7-18(3)10-19;/h6-8,16-17,19,22H,4-5,9-15,18,20H2,1-3H3;6-8,10,14,16,20H,4-5,9,11-13,15,17H2,1-3H3;1H4. The predicted octanol–water partition coefficient (Wildman–Crippen LogP) is 8.43. The maximum absolute atomic E-state index is 13.8. The van der Waals surface area contributed by atoms with Crippen LogP contribution in [0.25, 0.3) is 45.1 Å². The Balaban J connectivity index is 0.000000178. The van der Waals surface area contributed by atoms with Gasteiger partial charge in [-0.25, -0.2) is 19.6 Å². The highest BCUT2D eigenvalue weighted by Gasteiger charge is 2.62. The van der Waals surface area contributed by atoms with Crippen LogP contribution in [0.3, 0.4) is 0 Å². The van der Waals surface area contributed by atoms with Crippen molar-refractivity contribution in [3.8, 4) is 22.8 Å². The molecule has 20 nitrogen and oxygen atoms in total. The van der Waals surface area contributed by atoms with Crippen LogP contribution < -0.4 is 22.5 Å². The van der Waals surface area contributed by atoms with Crippen LogP contribution in [-0.2, 0) is 71.8 Å². The van der Waals surface area contributed by atoms with Crippen molar-refractivity contribution in [2.75, 3.05) is 0 Å². The van der Waals surface area contributed by atoms with Crippen LogP contribution in [-0.4, -0.2) is 68.9 Å². The molecule has 0 aliphatic heterocycles. The maximum Gasteiger partial charge on any atom is 0.332 e. The predicted molar refractivity (Wildman–Crippen MR) is 304 cm³/mol. The SMILES string of the molecule is C.CCCn1c(=O)c2c(nc(-c3cnn(Cc4cccc(C)c4)c3)n2COC(=O)C23CC(C2)C3)n(CC)c1=O.CCCn1c(=O)c2c(nc(-c3cnn(Cc4cccc(C)c4)c3)n2COC(=O)C23CCC(CC2)CC3)n(CC)c1=O. The number of fused-ring (bicyclic) bond motifs is 5. The van der Waals surface area contributed by atoms with E-state index in [1.165, 1.54) is 29.4 Å². The quantitative estimate of drug-likeness (QED) is 0.0741. The molecule has 8 aromatic rings. The van der Waals surface area contributed by atoms with Crippen molar-refractivity contribution in [1.29, 1.82) is 0 Å². The Morgan fingerprint density at radius 2 is 1.00 bits per heavy atom. The molecule has 422 valence electrons. The summed E-state index contributed by atoms with van der Waals surface area (Å²) < 4.78 is 24.3. The third kappa shape index (κ3) is 9.98. The molecule has 0 radical (unpaired) electrons. The topological polar surface area (TPSA) is 212 Å². The van der Waals surface area contributed by atoms with Gasteiger partial charge in [-0.05, 0) is 121 Å². The number of aryl methyl sites for hydroxylation is 4. The Bertz CT molecular complexity index is 3860. The summed E-state index contributed by atoms with van der Waals surface area (Å²) in [4.78, 5) is 89.7. The minimum Gasteiger partial charge on any atom is -0.443 e. The number of hydrogen-bond donors (Lipinski definition) is 0. The molecular weight excluding hydrogens is 1020 g/mol. The maximum atomic E-state index is 13.8. The highest BCUT2D eigenvalue weighted by atomic mass is 16.5. The highest BCUT2D eigenvalue weighted by Crippen LogP contribution is 2.65. The van der Waals surface area contributed by atoms with Gasteiger partial charge in [0.1, 0.15) is 11.6 Å². The summed E-state index contributed by atoms with van der Waals surface area (Å²) in [6.07, 6.45) is 16.8. The minimum atomic E-state index is -0.433. The molecule has 0 unspecified atom stereocenters. The van der Waals surface area contributed by atoms with Gasteiger partial charge in [0.2, 0.25) is 0 Å². The van der Waals surface area contributed by atoms with Gasteiger partial charge in [-0.15, -0.1) is 0 Å². The number of hydrogen-bond acceptors (Lipinski definition) is 12. The number of nitrogens with zero attached hydrogens (tertiary/aromatic N) is 12. The Labute approximate surface area is 463 Å². The zero-order chi connectivity index (χ0) is 55.3. The molecule has 0 amide bonds. The minimum absolute atomic E-state index is 0. The molecule has 6 saturated carbocycles. The Kier molecular flexibility index (Phi) is 15.5. The van der Waals surface area contributed by atoms with Crippen molar-refractivity contribution >= 4 is 34.3 Å². The molecular formula is C60H74N12O8. The molecule has 6 fully saturated rings. The summed E-state index contributed by atoms with van der Waals surface area (Å²) in [7, 11) is 0. The lowest BCUT2D eigenvalue weighted by Crippen LogP contribution is -2.57. The van der Waals surface area contributed by atoms with E-state index < -0.39 is 16.5 Å². The number of ether oxygens (including phenoxy) is 2. The number of aromatic nitrogens is 12. The van der Waals surface area contributed by atoms with E-state index in [9.17, 15) is 28.8 Å². The number of benzene rings is 2. The molecule has 14 rings (SSSR count). The molecule has 6 heterocycles. The van der Waals surface area contributed by atoms with Crippen LogP contribution in [0.15, 0.2) is 92.5 Å². The smallest absolute Gasteiger partial charge is 0.332 e. The first kappa shape index (κ1) is 55.4. The van der Waals surface area contributed by atoms with Gasteiger partial charge in [-0.2, -0.15) is 10.2 Å². The van der Waals surface area contributed by atoms with Crippen LogP contribution >= 0.6 is 0 Å². The Hall–Kier alpha value is -7.90. The lowest BCUT2D eigenvalue weighted by molar-refractivity contribution is -0.194. The number of carbonyl (C=O) groups excluding carboxylic acids is 2. The van der Waals surface area contributed by atoms with Crippen LogP contribution in [0.1, 0.15) is 128 Å². The molecule has 6 aliphatic rings. The van der Waals surface area contributed by atoms with Gasteiger partial charge >= 0.3 is 23.3 Å². The number of carbonyl (C=O) groups is 2. The van der Waals surface area contributed by atoms with E-state index in [0.29, 0.717) is 86.5 Å². The van der Waals surface area contributed by atoms with Crippen molar-refractivity contribution in [2.45, 2.75) is 172 Å². The summed E-state index contributed by atoms with van der Waals surface area (Å²) in [6.45, 7) is 13.8. The Morgan fingerprint density at radius 1 is 0.575 bits per heavy atom. The third-order valence-electron chi connectivity index (χ3n) is 17.0. The lowest BCUT2D eigenvalue weighted by Gasteiger charge is -2.59. The lowest BCUT2D eigenvalue weighted by atomic mass is 9.44. The third-order valence-corrected chi connectivity index (χ3v) is 17.0. The van der Waals surface area contributed by atoms with Crippen LogP contribution in [0.2, 0.25) is 0 Å². The number of rotatable bonds is 18. The first-order chi connectivity index (χ1) is 38.2. The fourth-order valence-corrected chi connectivity index (χ4v) is 12.6. The van der Waals surface area contributed by atoms with E-state index in [0.717, 1.165) is 74.8 Å². The van der Waals surface area contributed by atoms with Crippen molar-refractivity contribution in [1.82, 2.24) is 56.9 Å². The first-order valence-electron chi connectivity index (χ1n) is 28.2. The molecule has 4 bridgehead atoms. The fourth-order valence-electron chi connectivity index (χ4n) is 12.6. The fraction of sp³-hybridized carbons (Fsp3) is 0.500. The van der Waals surface area contributed by atoms with Gasteiger partial charge in [-0.1, -0.05) is 80.9 Å². The highest BCUT2D eigenvalue weighted by molar-refractivity contribution is 5.81. The van der Waals surface area contributed by atoms with Gasteiger partial charge in [0, 0.05) is 38.6 Å². The van der Waals surface area contributed by atoms with Crippen molar-refractivity contribution in [3.05, 3.63) is 137 Å². The summed E-state index contributed by atoms with van der Waals surface area (Å²) in [5.74, 6) is 1.84. The first-order valence-corrected chi connectivity index (χ1v) is 28.2. The second-order valence-corrected chi connectivity index (χ2v) is 22.5. The van der Waals surface area contributed by atoms with Crippen LogP contribution in [0, 0.1) is 36.5 Å². The second kappa shape index (κ2) is 22.3. The monoisotopic (exact) mass is 1090 g/mol. The zero-order valence-corrected chi connectivity index (χ0v) is 46.2. The summed E-state index contributed by atoms with van der Waals surface area (Å²) >= 11 is 0. The average molecular weight is 1090 g/mol. The van der Waals surface area contributed by atoms with E-state index in [1.54, 1.807) is 21.5 Å². The van der Waals surface area contributed by atoms with Gasteiger partial charge in [0.25, 0.3) is 11.1 Å². The number of esters is 2. The van der Waals surface area contributed by atoms with E-state index in [4.69, 9.17) is 19.4 Å². The van der Waals surface area contributed by atoms with Crippen molar-refractivity contribution in [2.24, 2.45) is 22.7 Å². The summed E-state index contributed by atoms with van der Waals surface area (Å²) in [5.41, 5.74) is 4.63. The molecule has 2 aromatic carbocycles. The van der Waals surface area contributed by atoms with E-state index >= 15 is 0 Å². The molecule has 0 atom stereocenters. The van der Waals surface area contributed by atoms with Crippen molar-refractivity contribution in [3.63, 3.8) is 0 Å². The van der Waals surface area contributed by atoms with Gasteiger partial charge < -0.3 is 9.47 Å². The zero-order valence-electron chi connectivity index (χ0n) is 46.2. The van der Waals surface area contributed by atoms with E-state index in [-0.39, 0.29) is 66.3 Å². The largest absolute Gasteiger partial charge is 0.443 e. The molecule has 80 heavy (non-hydrogen) atoms. The van der Waals surface area contributed by atoms with Gasteiger partial charge in [-0.3, -0.25) is 55.9 Å². The summed E-state index contributed by atoms with van der Waals surface area (Å²) in [5, 5.41) is 9.09.